The molecule has 3 aromatic carbocycles. The maximum atomic E-state index is 13.8. The summed E-state index contributed by atoms with van der Waals surface area (Å²) in [5.74, 6) is -0.305. The van der Waals surface area contributed by atoms with Crippen molar-refractivity contribution in [3.05, 3.63) is 102 Å². The van der Waals surface area contributed by atoms with Crippen molar-refractivity contribution in [3.8, 4) is 5.75 Å². The van der Waals surface area contributed by atoms with Crippen LogP contribution in [0.2, 0.25) is 0 Å². The molecule has 4 rings (SSSR count). The van der Waals surface area contributed by atoms with Crippen LogP contribution in [0.1, 0.15) is 130 Å². The Bertz CT molecular complexity index is 1440. The molecule has 3 atom stereocenters. The molecule has 1 heterocycles. The molecule has 0 spiro atoms. The number of unbranched alkanes of at least 4 members (excludes halogenated alkanes) is 3. The van der Waals surface area contributed by atoms with Crippen molar-refractivity contribution in [2.45, 2.75) is 114 Å². The van der Waals surface area contributed by atoms with Crippen molar-refractivity contribution < 1.29 is 23.9 Å². The molecule has 7 heteroatoms. The van der Waals surface area contributed by atoms with Crippen LogP contribution in [-0.2, 0) is 14.4 Å². The lowest BCUT2D eigenvalue weighted by molar-refractivity contribution is -0.140. The van der Waals surface area contributed by atoms with Crippen molar-refractivity contribution in [1.82, 2.24) is 10.2 Å². The van der Waals surface area contributed by atoms with E-state index in [0.29, 0.717) is 24.4 Å². The summed E-state index contributed by atoms with van der Waals surface area (Å²) in [5, 5.41) is 2.96. The molecule has 0 bridgehead atoms. The van der Waals surface area contributed by atoms with Gasteiger partial charge in [-0.1, -0.05) is 155 Å². The van der Waals surface area contributed by atoms with Gasteiger partial charge < -0.3 is 10.1 Å². The molecule has 52 heavy (non-hydrogen) atoms. The summed E-state index contributed by atoms with van der Waals surface area (Å²) >= 11 is 0. The highest BCUT2D eigenvalue weighted by Crippen LogP contribution is 2.50. The SMILES string of the molecule is CC.CC(=O)Oc1ccccc1.CCC.CCC(C)(C)C(c1ccccc1)C1C(=O)N(CCCCCCNC(=O)c2ccccc2)C(=O)C1C(C)C. The van der Waals surface area contributed by atoms with E-state index in [1.54, 1.807) is 29.2 Å². The first-order valence-corrected chi connectivity index (χ1v) is 19.4. The van der Waals surface area contributed by atoms with Crippen LogP contribution in [-0.4, -0.2) is 41.7 Å². The Kier molecular flexibility index (Phi) is 21.9. The molecule has 1 aliphatic rings. The lowest BCUT2D eigenvalue weighted by Gasteiger charge is -2.39. The number of rotatable bonds is 14. The Morgan fingerprint density at radius 2 is 1.23 bits per heavy atom. The number of nitrogens with zero attached hydrogens (tertiary/aromatic N) is 1. The lowest BCUT2D eigenvalue weighted by Crippen LogP contribution is -2.37. The zero-order valence-corrected chi connectivity index (χ0v) is 33.6. The molecule has 1 saturated heterocycles. The highest BCUT2D eigenvalue weighted by atomic mass is 16.5. The van der Waals surface area contributed by atoms with E-state index in [4.69, 9.17) is 4.74 Å². The summed E-state index contributed by atoms with van der Waals surface area (Å²) in [4.78, 5) is 51.5. The van der Waals surface area contributed by atoms with E-state index in [-0.39, 0.29) is 52.8 Å². The smallest absolute Gasteiger partial charge is 0.308 e. The molecule has 0 aliphatic carbocycles. The quantitative estimate of drug-likeness (QED) is 0.0777. The molecular formula is C45H66N2O5. The Labute approximate surface area is 314 Å². The second-order valence-corrected chi connectivity index (χ2v) is 14.0. The third-order valence-electron chi connectivity index (χ3n) is 9.11. The normalized spacial score (nSPS) is 15.6. The number of esters is 1. The molecule has 0 aromatic heterocycles. The van der Waals surface area contributed by atoms with Crippen molar-refractivity contribution in [1.29, 1.82) is 0 Å². The van der Waals surface area contributed by atoms with Gasteiger partial charge in [-0.05, 0) is 54.0 Å². The highest BCUT2D eigenvalue weighted by Gasteiger charge is 2.54. The number of likely N-dealkylation sites (tertiary alicyclic amines) is 1. The summed E-state index contributed by atoms with van der Waals surface area (Å²) in [5.41, 5.74) is 1.70. The fourth-order valence-corrected chi connectivity index (χ4v) is 6.37. The number of hydrogen-bond donors (Lipinski definition) is 1. The van der Waals surface area contributed by atoms with Gasteiger partial charge in [0.05, 0.1) is 11.8 Å². The standard InChI is InChI=1S/C32H44N2O3.C8H8O2.C3H8.C2H6/c1-6-32(4,5)28(24-17-11-9-12-18-24)27-26(23(2)3)30(36)34(31(27)37)22-16-8-7-15-21-33-29(35)25-19-13-10-14-20-25;1-7(9)10-8-5-3-2-4-6-8;1-3-2;1-2/h9-14,17-20,23,26-28H,6-8,15-16,21-22H2,1-5H3,(H,33,35);2-6H,1H3;3H2,1-2H3;1-2H3. The average Bonchev–Trinajstić information content (AvgIpc) is 3.38. The molecule has 286 valence electrons. The Hall–Kier alpha value is -4.26. The number of nitrogens with one attached hydrogen (secondary N) is 1. The molecular weight excluding hydrogens is 649 g/mol. The van der Waals surface area contributed by atoms with Gasteiger partial charge in [-0.25, -0.2) is 0 Å². The van der Waals surface area contributed by atoms with Gasteiger partial charge in [0.25, 0.3) is 5.91 Å². The lowest BCUT2D eigenvalue weighted by atomic mass is 9.63. The minimum Gasteiger partial charge on any atom is -0.427 e. The maximum absolute atomic E-state index is 13.8. The van der Waals surface area contributed by atoms with Crippen molar-refractivity contribution in [3.63, 3.8) is 0 Å². The topological polar surface area (TPSA) is 92.8 Å². The number of amides is 3. The van der Waals surface area contributed by atoms with Crippen molar-refractivity contribution >= 4 is 23.7 Å². The highest BCUT2D eigenvalue weighted by molar-refractivity contribution is 6.05. The second-order valence-electron chi connectivity index (χ2n) is 14.0. The average molecular weight is 715 g/mol. The maximum Gasteiger partial charge on any atom is 0.308 e. The summed E-state index contributed by atoms with van der Waals surface area (Å²) < 4.78 is 4.78. The third kappa shape index (κ3) is 14.8. The van der Waals surface area contributed by atoms with Crippen molar-refractivity contribution in [2.75, 3.05) is 13.1 Å². The zero-order chi connectivity index (χ0) is 39.1. The van der Waals surface area contributed by atoms with E-state index in [0.717, 1.165) is 37.7 Å². The monoisotopic (exact) mass is 714 g/mol. The number of benzene rings is 3. The van der Waals surface area contributed by atoms with E-state index in [2.05, 4.69) is 65.9 Å². The van der Waals surface area contributed by atoms with Gasteiger partial charge >= 0.3 is 5.97 Å². The summed E-state index contributed by atoms with van der Waals surface area (Å²) in [6.45, 7) is 21.5. The number of carbonyl (C=O) groups excluding carboxylic acids is 4. The molecule has 3 aromatic rings. The number of ether oxygens (including phenoxy) is 1. The largest absolute Gasteiger partial charge is 0.427 e. The molecule has 3 unspecified atom stereocenters. The van der Waals surface area contributed by atoms with Crippen LogP contribution in [0.5, 0.6) is 5.75 Å². The first-order chi connectivity index (χ1) is 24.9. The molecule has 7 nitrogen and oxygen atoms in total. The minimum absolute atomic E-state index is 0.00537. The molecule has 0 saturated carbocycles. The number of imide groups is 1. The first kappa shape index (κ1) is 45.8. The molecule has 1 aliphatic heterocycles. The summed E-state index contributed by atoms with van der Waals surface area (Å²) in [6, 6.07) is 28.5. The minimum atomic E-state index is -0.335. The van der Waals surface area contributed by atoms with Gasteiger partial charge in [-0.3, -0.25) is 24.1 Å². The van der Waals surface area contributed by atoms with E-state index in [9.17, 15) is 19.2 Å². The number of hydrogen-bond acceptors (Lipinski definition) is 5. The fraction of sp³-hybridized carbons (Fsp3) is 0.511. The van der Waals surface area contributed by atoms with Crippen LogP contribution in [0, 0.1) is 23.2 Å². The summed E-state index contributed by atoms with van der Waals surface area (Å²) in [6.07, 6.45) is 5.69. The van der Waals surface area contributed by atoms with Crippen LogP contribution < -0.4 is 10.1 Å². The van der Waals surface area contributed by atoms with E-state index < -0.39 is 0 Å². The molecule has 1 N–H and O–H groups in total. The molecule has 3 amide bonds. The Morgan fingerprint density at radius 3 is 1.73 bits per heavy atom. The predicted octanol–water partition coefficient (Wildman–Crippen LogP) is 10.5. The Balaban J connectivity index is 0.000000754. The van der Waals surface area contributed by atoms with Gasteiger partial charge in [0, 0.05) is 31.5 Å². The van der Waals surface area contributed by atoms with Crippen LogP contribution in [0.15, 0.2) is 91.0 Å². The second kappa shape index (κ2) is 24.8. The molecule has 0 radical (unpaired) electrons. The van der Waals surface area contributed by atoms with Crippen LogP contribution in [0.3, 0.4) is 0 Å². The zero-order valence-electron chi connectivity index (χ0n) is 33.6. The van der Waals surface area contributed by atoms with Gasteiger partial charge in [-0.15, -0.1) is 0 Å². The van der Waals surface area contributed by atoms with E-state index in [1.807, 2.05) is 68.4 Å². The number of para-hydroxylation sites is 1. The van der Waals surface area contributed by atoms with Crippen LogP contribution in [0.25, 0.3) is 0 Å². The number of carbonyl (C=O) groups is 4. The molecule has 1 fully saturated rings. The van der Waals surface area contributed by atoms with Gasteiger partial charge in [-0.2, -0.15) is 0 Å². The van der Waals surface area contributed by atoms with Gasteiger partial charge in [0.1, 0.15) is 5.75 Å². The van der Waals surface area contributed by atoms with Gasteiger partial charge in [0.2, 0.25) is 11.8 Å². The van der Waals surface area contributed by atoms with E-state index >= 15 is 0 Å². The van der Waals surface area contributed by atoms with Crippen LogP contribution >= 0.6 is 0 Å². The Morgan fingerprint density at radius 1 is 0.750 bits per heavy atom. The third-order valence-corrected chi connectivity index (χ3v) is 9.11. The van der Waals surface area contributed by atoms with Gasteiger partial charge in [0.15, 0.2) is 0 Å². The summed E-state index contributed by atoms with van der Waals surface area (Å²) in [7, 11) is 0. The van der Waals surface area contributed by atoms with Crippen molar-refractivity contribution in [2.24, 2.45) is 23.2 Å². The van der Waals surface area contributed by atoms with E-state index in [1.165, 1.54) is 13.3 Å². The van der Waals surface area contributed by atoms with Crippen LogP contribution in [0.4, 0.5) is 0 Å². The fourth-order valence-electron chi connectivity index (χ4n) is 6.37. The first-order valence-electron chi connectivity index (χ1n) is 19.4. The predicted molar refractivity (Wildman–Crippen MR) is 214 cm³/mol.